The fourth-order valence-electron chi connectivity index (χ4n) is 10.8. The standard InChI is InChI=1S/C20H22O2/c21-6-20-17-8-3-1-2-7(8)12-14(17)15-13-11-9(18(15)20)4-5-10(11)22-19(20)16(12)13/h1,3,6-19H,2,4-5H2/t7-,8-,9+,10-,11-,12-,13+,14-,15+,16-,17-,18+,19+,20-/m0/s1. The number of fused-ring (bicyclic) bond motifs is 1. The summed E-state index contributed by atoms with van der Waals surface area (Å²) in [4.78, 5) is 12.6. The van der Waals surface area contributed by atoms with Gasteiger partial charge in [0, 0.05) is 0 Å². The van der Waals surface area contributed by atoms with Gasteiger partial charge in [0.15, 0.2) is 0 Å². The molecule has 114 valence electrons. The predicted octanol–water partition coefficient (Wildman–Crippen LogP) is 2.54. The normalized spacial score (nSPS) is 78.8. The van der Waals surface area contributed by atoms with E-state index in [1.807, 2.05) is 0 Å². The van der Waals surface area contributed by atoms with Gasteiger partial charge < -0.3 is 9.53 Å². The lowest BCUT2D eigenvalue weighted by Gasteiger charge is -2.54. The predicted molar refractivity (Wildman–Crippen MR) is 78.5 cm³/mol. The van der Waals surface area contributed by atoms with E-state index in [1.165, 1.54) is 25.5 Å². The fourth-order valence-corrected chi connectivity index (χ4v) is 10.8. The molecule has 2 nitrogen and oxygen atoms in total. The molecule has 0 spiro atoms. The third-order valence-electron chi connectivity index (χ3n) is 10.4. The first-order chi connectivity index (χ1) is 10.9. The lowest BCUT2D eigenvalue weighted by atomic mass is 9.56. The Balaban J connectivity index is 1.48. The zero-order valence-corrected chi connectivity index (χ0v) is 12.7. The molecule has 8 aliphatic carbocycles. The second kappa shape index (κ2) is 2.90. The zero-order chi connectivity index (χ0) is 14.0. The molecule has 9 rings (SSSR count). The highest BCUT2D eigenvalue weighted by Crippen LogP contribution is 2.88. The molecule has 0 radical (unpaired) electrons. The summed E-state index contributed by atoms with van der Waals surface area (Å²) in [5.41, 5.74) is -0.0737. The van der Waals surface area contributed by atoms with Crippen molar-refractivity contribution in [1.82, 2.24) is 0 Å². The van der Waals surface area contributed by atoms with Crippen molar-refractivity contribution in [3.63, 3.8) is 0 Å². The molecule has 0 aromatic heterocycles. The first-order valence-corrected chi connectivity index (χ1v) is 9.66. The summed E-state index contributed by atoms with van der Waals surface area (Å²) in [5.74, 6) is 9.08. The quantitative estimate of drug-likeness (QED) is 0.549. The molecule has 9 aliphatic rings. The van der Waals surface area contributed by atoms with E-state index in [0.717, 1.165) is 53.3 Å². The Hall–Kier alpha value is -0.630. The summed E-state index contributed by atoms with van der Waals surface area (Å²) in [6.45, 7) is 0. The van der Waals surface area contributed by atoms with Gasteiger partial charge in [-0.3, -0.25) is 0 Å². The van der Waals surface area contributed by atoms with E-state index >= 15 is 0 Å². The average Bonchev–Trinajstić information content (AvgIpc) is 3.25. The lowest BCUT2D eigenvalue weighted by Crippen LogP contribution is -2.59. The van der Waals surface area contributed by atoms with Crippen molar-refractivity contribution in [2.75, 3.05) is 0 Å². The summed E-state index contributed by atoms with van der Waals surface area (Å²) in [5, 5.41) is 0. The minimum atomic E-state index is -0.0737. The van der Waals surface area contributed by atoms with Crippen LogP contribution in [0.1, 0.15) is 19.3 Å². The molecule has 7 saturated carbocycles. The zero-order valence-electron chi connectivity index (χ0n) is 12.7. The van der Waals surface area contributed by atoms with Crippen LogP contribution in [0.5, 0.6) is 0 Å². The van der Waals surface area contributed by atoms with Crippen molar-refractivity contribution >= 4 is 6.29 Å². The molecule has 0 N–H and O–H groups in total. The van der Waals surface area contributed by atoms with Crippen molar-refractivity contribution in [3.05, 3.63) is 12.2 Å². The van der Waals surface area contributed by atoms with E-state index in [9.17, 15) is 4.79 Å². The summed E-state index contributed by atoms with van der Waals surface area (Å²) in [6.07, 6.45) is 11.2. The summed E-state index contributed by atoms with van der Waals surface area (Å²) in [7, 11) is 0. The second-order valence-corrected chi connectivity index (χ2v) is 9.87. The number of aldehydes is 1. The van der Waals surface area contributed by atoms with Crippen LogP contribution in [-0.2, 0) is 9.53 Å². The van der Waals surface area contributed by atoms with Gasteiger partial charge in [0.25, 0.3) is 0 Å². The second-order valence-electron chi connectivity index (χ2n) is 9.87. The van der Waals surface area contributed by atoms with Gasteiger partial charge in [-0.1, -0.05) is 12.2 Å². The average molecular weight is 294 g/mol. The Morgan fingerprint density at radius 2 is 1.86 bits per heavy atom. The molecule has 1 heterocycles. The van der Waals surface area contributed by atoms with Crippen LogP contribution < -0.4 is 0 Å². The molecule has 0 unspecified atom stereocenters. The molecule has 22 heavy (non-hydrogen) atoms. The number of hydrogen-bond acceptors (Lipinski definition) is 2. The Morgan fingerprint density at radius 1 is 0.955 bits per heavy atom. The Kier molecular flexibility index (Phi) is 1.45. The van der Waals surface area contributed by atoms with Crippen LogP contribution in [0.2, 0.25) is 0 Å². The topological polar surface area (TPSA) is 26.3 Å². The van der Waals surface area contributed by atoms with E-state index in [-0.39, 0.29) is 5.41 Å². The SMILES string of the molecule is O=C[C@]12[C@@H]3[C@@H]4CC[C@@H]5O[C@@H]1[C@H]1[C@H]6[C@H]7CC=C[C@@H]7[C@H]2[C@@H]6[C@H]3[C@H]1[C@@H]45. The van der Waals surface area contributed by atoms with E-state index in [0.29, 0.717) is 24.0 Å². The molecule has 1 aliphatic heterocycles. The molecule has 0 aromatic carbocycles. The molecule has 0 amide bonds. The van der Waals surface area contributed by atoms with Gasteiger partial charge in [-0.15, -0.1) is 0 Å². The number of hydrogen-bond donors (Lipinski definition) is 0. The van der Waals surface area contributed by atoms with Gasteiger partial charge in [-0.25, -0.2) is 0 Å². The highest BCUT2D eigenvalue weighted by atomic mass is 16.5. The third-order valence-corrected chi connectivity index (χ3v) is 10.4. The van der Waals surface area contributed by atoms with E-state index in [2.05, 4.69) is 12.2 Å². The largest absolute Gasteiger partial charge is 0.373 e. The highest BCUT2D eigenvalue weighted by molar-refractivity contribution is 5.67. The number of allylic oxidation sites excluding steroid dienone is 2. The molecule has 14 atom stereocenters. The van der Waals surface area contributed by atoms with Crippen LogP contribution in [0, 0.1) is 70.5 Å². The van der Waals surface area contributed by atoms with Gasteiger partial charge in [0.05, 0.1) is 17.6 Å². The molecule has 8 fully saturated rings. The van der Waals surface area contributed by atoms with E-state index in [1.54, 1.807) is 0 Å². The summed E-state index contributed by atoms with van der Waals surface area (Å²) in [6, 6.07) is 0. The Bertz CT molecular complexity index is 667. The van der Waals surface area contributed by atoms with Gasteiger partial charge in [0.2, 0.25) is 0 Å². The van der Waals surface area contributed by atoms with Gasteiger partial charge in [-0.2, -0.15) is 0 Å². The van der Waals surface area contributed by atoms with Crippen LogP contribution in [0.3, 0.4) is 0 Å². The van der Waals surface area contributed by atoms with Crippen LogP contribution in [0.15, 0.2) is 12.2 Å². The molecular weight excluding hydrogens is 272 g/mol. The van der Waals surface area contributed by atoms with Gasteiger partial charge in [0.1, 0.15) is 6.29 Å². The van der Waals surface area contributed by atoms with Crippen molar-refractivity contribution < 1.29 is 9.53 Å². The first-order valence-electron chi connectivity index (χ1n) is 9.66. The molecular formula is C20H22O2. The minimum Gasteiger partial charge on any atom is -0.373 e. The number of rotatable bonds is 1. The van der Waals surface area contributed by atoms with Crippen LogP contribution in [0.4, 0.5) is 0 Å². The molecule has 0 aromatic rings. The Labute approximate surface area is 130 Å². The number of ether oxygens (including phenoxy) is 1. The van der Waals surface area contributed by atoms with Gasteiger partial charge >= 0.3 is 0 Å². The van der Waals surface area contributed by atoms with Crippen molar-refractivity contribution in [2.24, 2.45) is 70.5 Å². The fraction of sp³-hybridized carbons (Fsp3) is 0.850. The van der Waals surface area contributed by atoms with Crippen LogP contribution in [-0.4, -0.2) is 18.5 Å². The van der Waals surface area contributed by atoms with E-state index in [4.69, 9.17) is 4.74 Å². The van der Waals surface area contributed by atoms with Crippen molar-refractivity contribution in [1.29, 1.82) is 0 Å². The Morgan fingerprint density at radius 3 is 2.77 bits per heavy atom. The highest BCUT2D eigenvalue weighted by Gasteiger charge is 2.89. The molecule has 1 saturated heterocycles. The monoisotopic (exact) mass is 294 g/mol. The maximum Gasteiger partial charge on any atom is 0.129 e. The third kappa shape index (κ3) is 0.719. The summed E-state index contributed by atoms with van der Waals surface area (Å²) >= 11 is 0. The molecule has 2 heteroatoms. The maximum atomic E-state index is 12.6. The maximum absolute atomic E-state index is 12.6. The minimum absolute atomic E-state index is 0.0737. The van der Waals surface area contributed by atoms with E-state index < -0.39 is 0 Å². The smallest absolute Gasteiger partial charge is 0.129 e. The van der Waals surface area contributed by atoms with Gasteiger partial charge in [-0.05, 0) is 84.4 Å². The van der Waals surface area contributed by atoms with Crippen molar-refractivity contribution in [3.8, 4) is 0 Å². The first kappa shape index (κ1) is 11.0. The lowest BCUT2D eigenvalue weighted by molar-refractivity contribution is -0.204. The number of carbonyl (C=O) groups excluding carboxylic acids is 1. The number of carbonyl (C=O) groups is 1. The van der Waals surface area contributed by atoms with Crippen molar-refractivity contribution in [2.45, 2.75) is 31.5 Å². The summed E-state index contributed by atoms with van der Waals surface area (Å²) < 4.78 is 6.77. The molecule has 9 bridgehead atoms. The van der Waals surface area contributed by atoms with Crippen LogP contribution >= 0.6 is 0 Å². The van der Waals surface area contributed by atoms with Crippen LogP contribution in [0.25, 0.3) is 0 Å².